The monoisotopic (exact) mass is 432 g/mol. The van der Waals surface area contributed by atoms with Crippen LogP contribution in [0.5, 0.6) is 0 Å². The quantitative estimate of drug-likeness (QED) is 0.580. The molecule has 0 aromatic carbocycles. The van der Waals surface area contributed by atoms with Crippen LogP contribution in [0.2, 0.25) is 0 Å². The predicted molar refractivity (Wildman–Crippen MR) is 115 cm³/mol. The van der Waals surface area contributed by atoms with E-state index in [0.29, 0.717) is 12.8 Å². The SMILES string of the molecule is CC(C)(C)OC(=O)[C@H](O)[C@@]1(O)CC[C@H]2[C@@H]3CCC4=CC(=O)C=C[C@]4(C)[C@H]3[C@@H](O)C[C@@]21C. The maximum absolute atomic E-state index is 12.7. The molecule has 0 saturated heterocycles. The molecule has 0 unspecified atom stereocenters. The number of fused-ring (bicyclic) bond motifs is 5. The minimum Gasteiger partial charge on any atom is -0.458 e. The third-order valence-electron chi connectivity index (χ3n) is 8.79. The Morgan fingerprint density at radius 3 is 2.58 bits per heavy atom. The van der Waals surface area contributed by atoms with Crippen LogP contribution in [-0.4, -0.2) is 50.5 Å². The summed E-state index contributed by atoms with van der Waals surface area (Å²) in [6.07, 6.45) is 5.75. The van der Waals surface area contributed by atoms with Gasteiger partial charge in [0.25, 0.3) is 0 Å². The number of ether oxygens (including phenoxy) is 1. The first-order valence-electron chi connectivity index (χ1n) is 11.5. The lowest BCUT2D eigenvalue weighted by atomic mass is 9.46. The van der Waals surface area contributed by atoms with Gasteiger partial charge in [0.15, 0.2) is 11.9 Å². The molecule has 0 radical (unpaired) electrons. The second kappa shape index (κ2) is 7.00. The lowest BCUT2D eigenvalue weighted by Gasteiger charge is -2.60. The van der Waals surface area contributed by atoms with Gasteiger partial charge in [0, 0.05) is 16.7 Å². The van der Waals surface area contributed by atoms with Crippen molar-refractivity contribution in [2.45, 2.75) is 90.1 Å². The molecule has 8 atom stereocenters. The molecule has 0 spiro atoms. The van der Waals surface area contributed by atoms with Gasteiger partial charge in [-0.1, -0.05) is 25.5 Å². The number of carbonyl (C=O) groups excluding carboxylic acids is 2. The molecule has 0 aromatic heterocycles. The molecule has 31 heavy (non-hydrogen) atoms. The number of rotatable bonds is 2. The molecule has 0 amide bonds. The molecule has 0 aromatic rings. The number of aliphatic hydroxyl groups excluding tert-OH is 2. The highest BCUT2D eigenvalue weighted by atomic mass is 16.6. The van der Waals surface area contributed by atoms with Crippen molar-refractivity contribution in [3.05, 3.63) is 23.8 Å². The number of allylic oxidation sites excluding steroid dienone is 4. The van der Waals surface area contributed by atoms with E-state index in [4.69, 9.17) is 4.74 Å². The molecule has 4 aliphatic carbocycles. The summed E-state index contributed by atoms with van der Waals surface area (Å²) < 4.78 is 5.37. The van der Waals surface area contributed by atoms with Gasteiger partial charge in [0.1, 0.15) is 11.2 Å². The molecule has 0 heterocycles. The molecule has 3 N–H and O–H groups in total. The van der Waals surface area contributed by atoms with Crippen molar-refractivity contribution < 1.29 is 29.6 Å². The number of hydrogen-bond donors (Lipinski definition) is 3. The maximum atomic E-state index is 12.7. The molecule has 0 aliphatic heterocycles. The lowest BCUT2D eigenvalue weighted by molar-refractivity contribution is -0.215. The van der Waals surface area contributed by atoms with E-state index in [1.807, 2.05) is 13.0 Å². The zero-order chi connectivity index (χ0) is 23.0. The summed E-state index contributed by atoms with van der Waals surface area (Å²) >= 11 is 0. The standard InChI is InChI=1S/C25H36O6/c1-22(2,3)31-21(29)20(28)25(30)11-9-17-16-7-6-14-12-15(26)8-10-23(14,4)19(16)18(27)13-24(17,25)5/h8,10,12,16-20,27-28,30H,6-7,9,11,13H2,1-5H3/t16-,17-,18-,19+,20-,23-,24-,25-/m0/s1. The fourth-order valence-electron chi connectivity index (χ4n) is 7.37. The van der Waals surface area contributed by atoms with E-state index >= 15 is 0 Å². The first-order valence-corrected chi connectivity index (χ1v) is 11.5. The number of hydrogen-bond acceptors (Lipinski definition) is 6. The molecule has 3 saturated carbocycles. The van der Waals surface area contributed by atoms with E-state index in [2.05, 4.69) is 6.92 Å². The summed E-state index contributed by atoms with van der Waals surface area (Å²) in [6.45, 7) is 9.19. The van der Waals surface area contributed by atoms with Crippen LogP contribution >= 0.6 is 0 Å². The lowest BCUT2D eigenvalue weighted by Crippen LogP contribution is -2.63. The number of aliphatic hydroxyl groups is 3. The largest absolute Gasteiger partial charge is 0.458 e. The predicted octanol–water partition coefficient (Wildman–Crippen LogP) is 2.70. The fourth-order valence-corrected chi connectivity index (χ4v) is 7.37. The summed E-state index contributed by atoms with van der Waals surface area (Å²) in [5.74, 6) is -0.684. The van der Waals surface area contributed by atoms with E-state index < -0.39 is 34.8 Å². The average molecular weight is 433 g/mol. The normalized spacial score (nSPS) is 45.3. The number of carbonyl (C=O) groups is 2. The zero-order valence-electron chi connectivity index (χ0n) is 19.2. The Morgan fingerprint density at radius 2 is 1.94 bits per heavy atom. The zero-order valence-corrected chi connectivity index (χ0v) is 19.2. The maximum Gasteiger partial charge on any atom is 0.338 e. The molecule has 3 fully saturated rings. The van der Waals surface area contributed by atoms with Crippen LogP contribution in [0.3, 0.4) is 0 Å². The van der Waals surface area contributed by atoms with Crippen LogP contribution < -0.4 is 0 Å². The van der Waals surface area contributed by atoms with Crippen molar-refractivity contribution in [2.75, 3.05) is 0 Å². The second-order valence-corrected chi connectivity index (χ2v) is 11.6. The van der Waals surface area contributed by atoms with Crippen molar-refractivity contribution >= 4 is 11.8 Å². The van der Waals surface area contributed by atoms with E-state index in [9.17, 15) is 24.9 Å². The topological polar surface area (TPSA) is 104 Å². The Kier molecular flexibility index (Phi) is 5.12. The Bertz CT molecular complexity index is 853. The smallest absolute Gasteiger partial charge is 0.338 e. The van der Waals surface area contributed by atoms with E-state index in [0.717, 1.165) is 18.4 Å². The van der Waals surface area contributed by atoms with Gasteiger partial charge in [-0.3, -0.25) is 4.79 Å². The minimum atomic E-state index is -1.66. The molecule has 0 bridgehead atoms. The number of esters is 1. The molecular weight excluding hydrogens is 396 g/mol. The van der Waals surface area contributed by atoms with Gasteiger partial charge in [-0.15, -0.1) is 0 Å². The van der Waals surface area contributed by atoms with Crippen LogP contribution in [0.15, 0.2) is 23.8 Å². The fraction of sp³-hybridized carbons (Fsp3) is 0.760. The summed E-state index contributed by atoms with van der Waals surface area (Å²) in [7, 11) is 0. The molecule has 172 valence electrons. The van der Waals surface area contributed by atoms with Gasteiger partial charge in [-0.2, -0.15) is 0 Å². The average Bonchev–Trinajstić information content (AvgIpc) is 2.91. The van der Waals surface area contributed by atoms with Crippen LogP contribution in [0.4, 0.5) is 0 Å². The van der Waals surface area contributed by atoms with E-state index in [1.54, 1.807) is 32.9 Å². The first-order chi connectivity index (χ1) is 14.2. The minimum absolute atomic E-state index is 0.00297. The third kappa shape index (κ3) is 3.25. The van der Waals surface area contributed by atoms with Crippen molar-refractivity contribution in [1.82, 2.24) is 0 Å². The van der Waals surface area contributed by atoms with Gasteiger partial charge in [-0.25, -0.2) is 4.79 Å². The highest BCUT2D eigenvalue weighted by molar-refractivity contribution is 6.01. The van der Waals surface area contributed by atoms with Gasteiger partial charge in [0.05, 0.1) is 6.10 Å². The molecular formula is C25H36O6. The van der Waals surface area contributed by atoms with Crippen LogP contribution in [0, 0.1) is 28.6 Å². The van der Waals surface area contributed by atoms with Gasteiger partial charge < -0.3 is 20.1 Å². The van der Waals surface area contributed by atoms with Crippen molar-refractivity contribution in [3.63, 3.8) is 0 Å². The van der Waals surface area contributed by atoms with E-state index in [1.165, 1.54) is 0 Å². The molecule has 6 heteroatoms. The van der Waals surface area contributed by atoms with Crippen LogP contribution in [-0.2, 0) is 14.3 Å². The van der Waals surface area contributed by atoms with E-state index in [-0.39, 0.29) is 35.4 Å². The van der Waals surface area contributed by atoms with Crippen molar-refractivity contribution in [1.29, 1.82) is 0 Å². The summed E-state index contributed by atoms with van der Waals surface area (Å²) in [5.41, 5.74) is -2.54. The Hall–Kier alpha value is -1.50. The molecule has 4 rings (SSSR count). The summed E-state index contributed by atoms with van der Waals surface area (Å²) in [4.78, 5) is 24.6. The first kappa shape index (κ1) is 22.7. The molecule has 4 aliphatic rings. The van der Waals surface area contributed by atoms with Crippen LogP contribution in [0.1, 0.15) is 66.7 Å². The Labute approximate surface area is 184 Å². The van der Waals surface area contributed by atoms with Gasteiger partial charge in [0.2, 0.25) is 0 Å². The van der Waals surface area contributed by atoms with Crippen LogP contribution in [0.25, 0.3) is 0 Å². The number of ketones is 1. The van der Waals surface area contributed by atoms with Crippen molar-refractivity contribution in [3.8, 4) is 0 Å². The Morgan fingerprint density at radius 1 is 1.26 bits per heavy atom. The summed E-state index contributed by atoms with van der Waals surface area (Å²) in [5, 5.41) is 34.0. The second-order valence-electron chi connectivity index (χ2n) is 11.6. The van der Waals surface area contributed by atoms with Gasteiger partial charge >= 0.3 is 5.97 Å². The molecule has 6 nitrogen and oxygen atoms in total. The van der Waals surface area contributed by atoms with Crippen molar-refractivity contribution in [2.24, 2.45) is 28.6 Å². The van der Waals surface area contributed by atoms with Gasteiger partial charge in [-0.05, 0) is 76.9 Å². The Balaban J connectivity index is 1.66. The third-order valence-corrected chi connectivity index (χ3v) is 8.79. The highest BCUT2D eigenvalue weighted by Gasteiger charge is 2.69. The highest BCUT2D eigenvalue weighted by Crippen LogP contribution is 2.67. The summed E-state index contributed by atoms with van der Waals surface area (Å²) in [6, 6.07) is 0.